The Labute approximate surface area is 248 Å². The lowest BCUT2D eigenvalue weighted by molar-refractivity contribution is -0.170. The highest BCUT2D eigenvalue weighted by molar-refractivity contribution is 5.88. The molecule has 5 N–H and O–H groups in total. The SMILES string of the molecule is C#CCOc1ccc(CN2C3CCC2CC(O)(c2ccccc2F)C3)cc1OCC.O=C(O)CC(O)(CC(=O)O)C(=O)O. The van der Waals surface area contributed by atoms with Crippen LogP contribution in [0.5, 0.6) is 11.5 Å². The summed E-state index contributed by atoms with van der Waals surface area (Å²) in [5.41, 5.74) is -2.29. The second-order valence-corrected chi connectivity index (χ2v) is 10.7. The first-order valence-corrected chi connectivity index (χ1v) is 13.8. The van der Waals surface area contributed by atoms with Crippen LogP contribution < -0.4 is 9.47 Å². The Bertz CT molecular complexity index is 1330. The third kappa shape index (κ3) is 8.44. The van der Waals surface area contributed by atoms with E-state index < -0.39 is 42.0 Å². The standard InChI is InChI=1S/C25H28FNO3.C6H8O7/c1-3-13-30-23-12-9-18(14-24(23)29-4-2)17-27-19-10-11-20(27)16-25(28,15-19)21-7-5-6-8-22(21)26;7-3(8)1-6(13,5(11)12)2-4(9)10/h1,5-9,12,14,19-20,28H,4,10-11,13,15-17H2,2H3;13H,1-2H2,(H,7,8)(H,9,10)(H,11,12). The predicted molar refractivity (Wildman–Crippen MR) is 151 cm³/mol. The van der Waals surface area contributed by atoms with E-state index in [1.54, 1.807) is 18.2 Å². The highest BCUT2D eigenvalue weighted by Crippen LogP contribution is 2.47. The van der Waals surface area contributed by atoms with E-state index in [2.05, 4.69) is 10.8 Å². The fourth-order valence-corrected chi connectivity index (χ4v) is 5.72. The minimum Gasteiger partial charge on any atom is -0.490 e. The molecule has 2 atom stereocenters. The first-order valence-electron chi connectivity index (χ1n) is 13.8. The van der Waals surface area contributed by atoms with Gasteiger partial charge in [-0.2, -0.15) is 0 Å². The Morgan fingerprint density at radius 2 is 1.63 bits per heavy atom. The van der Waals surface area contributed by atoms with Crippen LogP contribution in [0.2, 0.25) is 0 Å². The van der Waals surface area contributed by atoms with Crippen molar-refractivity contribution in [2.24, 2.45) is 0 Å². The minimum atomic E-state index is -2.74. The lowest BCUT2D eigenvalue weighted by Crippen LogP contribution is -2.49. The molecule has 0 amide bonds. The molecular weight excluding hydrogens is 565 g/mol. The van der Waals surface area contributed by atoms with Crippen molar-refractivity contribution in [3.8, 4) is 23.8 Å². The summed E-state index contributed by atoms with van der Waals surface area (Å²) in [7, 11) is 0. The average Bonchev–Trinajstić information content (AvgIpc) is 3.16. The molecule has 2 heterocycles. The predicted octanol–water partition coefficient (Wildman–Crippen LogP) is 3.00. The Morgan fingerprint density at radius 1 is 1.02 bits per heavy atom. The molecule has 2 aromatic rings. The van der Waals surface area contributed by atoms with Gasteiger partial charge < -0.3 is 35.0 Å². The molecule has 0 saturated carbocycles. The number of piperidine rings is 1. The van der Waals surface area contributed by atoms with Crippen LogP contribution in [-0.2, 0) is 26.5 Å². The molecule has 0 radical (unpaired) electrons. The smallest absolute Gasteiger partial charge is 0.336 e. The Kier molecular flexibility index (Phi) is 11.1. The van der Waals surface area contributed by atoms with Crippen molar-refractivity contribution in [1.82, 2.24) is 4.90 Å². The van der Waals surface area contributed by atoms with E-state index in [0.717, 1.165) is 24.9 Å². The van der Waals surface area contributed by atoms with Gasteiger partial charge in [-0.1, -0.05) is 30.2 Å². The van der Waals surface area contributed by atoms with Gasteiger partial charge in [0, 0.05) is 24.2 Å². The number of ether oxygens (including phenoxy) is 2. The molecule has 2 saturated heterocycles. The average molecular weight is 602 g/mol. The van der Waals surface area contributed by atoms with Crippen LogP contribution in [0, 0.1) is 18.2 Å². The second kappa shape index (κ2) is 14.3. The summed E-state index contributed by atoms with van der Waals surface area (Å²) in [5.74, 6) is -1.53. The van der Waals surface area contributed by atoms with Crippen LogP contribution in [0.1, 0.15) is 56.6 Å². The van der Waals surface area contributed by atoms with Crippen molar-refractivity contribution < 1.29 is 53.8 Å². The van der Waals surface area contributed by atoms with Crippen molar-refractivity contribution in [2.45, 2.75) is 75.3 Å². The van der Waals surface area contributed by atoms with E-state index in [-0.39, 0.29) is 24.5 Å². The molecule has 2 aliphatic rings. The van der Waals surface area contributed by atoms with Gasteiger partial charge in [0.15, 0.2) is 17.1 Å². The van der Waals surface area contributed by atoms with E-state index in [9.17, 15) is 23.9 Å². The number of aliphatic hydroxyl groups is 2. The normalized spacial score (nSPS) is 21.2. The molecule has 11 nitrogen and oxygen atoms in total. The number of terminal acetylenes is 1. The molecule has 2 bridgehead atoms. The van der Waals surface area contributed by atoms with Gasteiger partial charge in [0.05, 0.1) is 25.0 Å². The van der Waals surface area contributed by atoms with Crippen LogP contribution >= 0.6 is 0 Å². The van der Waals surface area contributed by atoms with Crippen molar-refractivity contribution >= 4 is 17.9 Å². The maximum absolute atomic E-state index is 14.4. The van der Waals surface area contributed by atoms with Gasteiger partial charge in [0.1, 0.15) is 12.4 Å². The van der Waals surface area contributed by atoms with Gasteiger partial charge >= 0.3 is 17.9 Å². The summed E-state index contributed by atoms with van der Waals surface area (Å²) in [6, 6.07) is 13.0. The number of carboxylic acid groups (broad SMARTS) is 3. The number of hydrogen-bond acceptors (Lipinski definition) is 8. The number of hydrogen-bond donors (Lipinski definition) is 5. The fraction of sp³-hybridized carbons (Fsp3) is 0.452. The lowest BCUT2D eigenvalue weighted by atomic mass is 9.80. The van der Waals surface area contributed by atoms with E-state index in [4.69, 9.17) is 36.3 Å². The fourth-order valence-electron chi connectivity index (χ4n) is 5.72. The van der Waals surface area contributed by atoms with Gasteiger partial charge in [-0.3, -0.25) is 14.5 Å². The number of rotatable bonds is 12. The zero-order chi connectivity index (χ0) is 31.8. The molecule has 4 rings (SSSR count). The molecule has 12 heteroatoms. The maximum Gasteiger partial charge on any atom is 0.336 e. The monoisotopic (exact) mass is 601 g/mol. The van der Waals surface area contributed by atoms with E-state index in [1.807, 2.05) is 25.1 Å². The molecule has 2 unspecified atom stereocenters. The molecule has 232 valence electrons. The van der Waals surface area contributed by atoms with E-state index >= 15 is 0 Å². The quantitative estimate of drug-likeness (QED) is 0.226. The van der Waals surface area contributed by atoms with Gasteiger partial charge in [-0.15, -0.1) is 6.42 Å². The summed E-state index contributed by atoms with van der Waals surface area (Å²) in [6.45, 7) is 3.44. The minimum absolute atomic E-state index is 0.199. The lowest BCUT2D eigenvalue weighted by Gasteiger charge is -2.44. The van der Waals surface area contributed by atoms with Crippen LogP contribution in [-0.4, -0.2) is 79.2 Å². The Hall–Kier alpha value is -4.18. The molecule has 0 spiro atoms. The van der Waals surface area contributed by atoms with E-state index in [0.29, 0.717) is 36.5 Å². The summed E-state index contributed by atoms with van der Waals surface area (Å²) in [4.78, 5) is 32.9. The maximum atomic E-state index is 14.4. The summed E-state index contributed by atoms with van der Waals surface area (Å²) in [6.07, 6.45) is 6.14. The molecule has 2 fully saturated rings. The van der Waals surface area contributed by atoms with Crippen molar-refractivity contribution in [2.75, 3.05) is 13.2 Å². The number of carboxylic acids is 3. The second-order valence-electron chi connectivity index (χ2n) is 10.7. The zero-order valence-corrected chi connectivity index (χ0v) is 23.7. The van der Waals surface area contributed by atoms with Gasteiger partial charge in [0.2, 0.25) is 0 Å². The number of halogens is 1. The van der Waals surface area contributed by atoms with Crippen LogP contribution in [0.4, 0.5) is 4.39 Å². The molecular formula is C31H36FNO10. The summed E-state index contributed by atoms with van der Waals surface area (Å²) < 4.78 is 25.7. The Morgan fingerprint density at radius 3 is 2.14 bits per heavy atom. The highest BCUT2D eigenvalue weighted by Gasteiger charge is 2.49. The van der Waals surface area contributed by atoms with Gasteiger partial charge in [-0.05, 0) is 56.4 Å². The number of carbonyl (C=O) groups is 3. The van der Waals surface area contributed by atoms with Crippen molar-refractivity contribution in [3.05, 3.63) is 59.4 Å². The van der Waals surface area contributed by atoms with Gasteiger partial charge in [0.25, 0.3) is 0 Å². The van der Waals surface area contributed by atoms with Gasteiger partial charge in [-0.25, -0.2) is 9.18 Å². The van der Waals surface area contributed by atoms with Crippen LogP contribution in [0.25, 0.3) is 0 Å². The molecule has 0 aromatic heterocycles. The number of benzene rings is 2. The third-order valence-corrected chi connectivity index (χ3v) is 7.56. The molecule has 2 aromatic carbocycles. The highest BCUT2D eigenvalue weighted by atomic mass is 19.1. The number of aliphatic carboxylic acids is 3. The number of nitrogens with zero attached hydrogens (tertiary/aromatic N) is 1. The van der Waals surface area contributed by atoms with Crippen LogP contribution in [0.3, 0.4) is 0 Å². The molecule has 0 aliphatic carbocycles. The molecule has 2 aliphatic heterocycles. The van der Waals surface area contributed by atoms with E-state index in [1.165, 1.54) is 6.07 Å². The Balaban J connectivity index is 0.000000331. The summed E-state index contributed by atoms with van der Waals surface area (Å²) >= 11 is 0. The first-order chi connectivity index (χ1) is 20.3. The zero-order valence-electron chi connectivity index (χ0n) is 23.7. The van der Waals surface area contributed by atoms with Crippen molar-refractivity contribution in [3.63, 3.8) is 0 Å². The number of fused-ring (bicyclic) bond motifs is 2. The van der Waals surface area contributed by atoms with Crippen LogP contribution in [0.15, 0.2) is 42.5 Å². The largest absolute Gasteiger partial charge is 0.490 e. The topological polar surface area (TPSA) is 174 Å². The summed E-state index contributed by atoms with van der Waals surface area (Å²) in [5, 5.41) is 45.1. The third-order valence-electron chi connectivity index (χ3n) is 7.56. The first kappa shape index (κ1) is 33.3. The van der Waals surface area contributed by atoms with Crippen molar-refractivity contribution in [1.29, 1.82) is 0 Å². The molecule has 43 heavy (non-hydrogen) atoms.